The summed E-state index contributed by atoms with van der Waals surface area (Å²) in [6.07, 6.45) is 5.15. The first-order chi connectivity index (χ1) is 11.6. The minimum atomic E-state index is -0.490. The number of hydrogen-bond acceptors (Lipinski definition) is 7. The molecule has 3 rings (SSSR count). The van der Waals surface area contributed by atoms with E-state index in [4.69, 9.17) is 0 Å². The van der Waals surface area contributed by atoms with Crippen LogP contribution in [0.3, 0.4) is 0 Å². The Bertz CT molecular complexity index is 740. The largest absolute Gasteiger partial charge is 0.464 e. The maximum atomic E-state index is 11.5. The van der Waals surface area contributed by atoms with Crippen LogP contribution in [0.5, 0.6) is 0 Å². The lowest BCUT2D eigenvalue weighted by molar-refractivity contribution is 0.0593. The Balaban J connectivity index is 1.73. The second-order valence-electron chi connectivity index (χ2n) is 5.78. The topological polar surface area (TPSA) is 90.2 Å². The van der Waals surface area contributed by atoms with Gasteiger partial charge < -0.3 is 9.64 Å². The van der Waals surface area contributed by atoms with E-state index in [1.54, 1.807) is 23.1 Å². The van der Waals surface area contributed by atoms with Crippen molar-refractivity contribution in [2.24, 2.45) is 0 Å². The monoisotopic (exact) mass is 329 g/mol. The van der Waals surface area contributed by atoms with Gasteiger partial charge in [0, 0.05) is 24.8 Å². The second-order valence-corrected chi connectivity index (χ2v) is 5.78. The second kappa shape index (κ2) is 6.77. The van der Waals surface area contributed by atoms with Gasteiger partial charge in [-0.05, 0) is 31.9 Å². The lowest BCUT2D eigenvalue weighted by Gasteiger charge is -2.33. The number of pyridine rings is 1. The molecule has 3 heterocycles. The number of piperidine rings is 1. The molecule has 1 fully saturated rings. The van der Waals surface area contributed by atoms with Crippen LogP contribution in [0.15, 0.2) is 24.5 Å². The van der Waals surface area contributed by atoms with Gasteiger partial charge in [0.2, 0.25) is 0 Å². The van der Waals surface area contributed by atoms with Crippen LogP contribution in [0.1, 0.15) is 46.7 Å². The van der Waals surface area contributed by atoms with Crippen LogP contribution in [0.2, 0.25) is 0 Å². The fourth-order valence-electron chi connectivity index (χ4n) is 2.81. The van der Waals surface area contributed by atoms with Crippen LogP contribution in [-0.2, 0) is 4.74 Å². The molecule has 8 heteroatoms. The molecule has 8 nitrogen and oxygen atoms in total. The summed E-state index contributed by atoms with van der Waals surface area (Å²) >= 11 is 0. The van der Waals surface area contributed by atoms with E-state index in [1.807, 2.05) is 6.07 Å². The molecule has 1 aliphatic heterocycles. The fourth-order valence-corrected chi connectivity index (χ4v) is 2.81. The lowest BCUT2D eigenvalue weighted by atomic mass is 10.1. The Morgan fingerprint density at radius 1 is 1.33 bits per heavy atom. The van der Waals surface area contributed by atoms with Crippen molar-refractivity contribution < 1.29 is 14.3 Å². The number of anilines is 1. The predicted molar refractivity (Wildman–Crippen MR) is 86.1 cm³/mol. The molecule has 0 N–H and O–H groups in total. The summed E-state index contributed by atoms with van der Waals surface area (Å²) < 4.78 is 6.37. The molecule has 1 aliphatic rings. The third-order valence-electron chi connectivity index (χ3n) is 4.15. The molecule has 0 saturated carbocycles. The van der Waals surface area contributed by atoms with E-state index >= 15 is 0 Å². The van der Waals surface area contributed by atoms with Gasteiger partial charge >= 0.3 is 5.97 Å². The maximum absolute atomic E-state index is 11.5. The minimum absolute atomic E-state index is 0.00326. The molecule has 0 bridgehead atoms. The number of nitrogens with zero attached hydrogens (tertiary/aromatic N) is 5. The molecule has 126 valence electrons. The third-order valence-corrected chi connectivity index (χ3v) is 4.15. The van der Waals surface area contributed by atoms with Crippen molar-refractivity contribution in [2.75, 3.05) is 25.1 Å². The quantitative estimate of drug-likeness (QED) is 0.620. The summed E-state index contributed by atoms with van der Waals surface area (Å²) in [4.78, 5) is 29.4. The van der Waals surface area contributed by atoms with E-state index in [0.29, 0.717) is 5.56 Å². The van der Waals surface area contributed by atoms with Crippen LogP contribution in [0, 0.1) is 0 Å². The highest BCUT2D eigenvalue weighted by molar-refractivity contribution is 5.93. The van der Waals surface area contributed by atoms with Gasteiger partial charge in [0.1, 0.15) is 5.82 Å². The molecular weight excluding hydrogens is 310 g/mol. The molecule has 2 aromatic rings. The smallest absolute Gasteiger partial charge is 0.360 e. The number of carbonyl (C=O) groups is 2. The van der Waals surface area contributed by atoms with E-state index in [9.17, 15) is 9.59 Å². The zero-order valence-electron chi connectivity index (χ0n) is 13.7. The fraction of sp³-hybridized carbons (Fsp3) is 0.438. The molecule has 24 heavy (non-hydrogen) atoms. The molecular formula is C16H19N5O3. The normalized spacial score (nSPS) is 17.6. The van der Waals surface area contributed by atoms with E-state index in [0.717, 1.165) is 31.7 Å². The zero-order valence-corrected chi connectivity index (χ0v) is 13.7. The van der Waals surface area contributed by atoms with Gasteiger partial charge in [-0.25, -0.2) is 14.5 Å². The van der Waals surface area contributed by atoms with Crippen molar-refractivity contribution >= 4 is 17.6 Å². The minimum Gasteiger partial charge on any atom is -0.464 e. The summed E-state index contributed by atoms with van der Waals surface area (Å²) in [5, 5.41) is 7.91. The van der Waals surface area contributed by atoms with Crippen LogP contribution in [-0.4, -0.2) is 51.9 Å². The van der Waals surface area contributed by atoms with Crippen molar-refractivity contribution in [1.82, 2.24) is 20.0 Å². The molecule has 2 aromatic heterocycles. The number of esters is 1. The molecule has 0 amide bonds. The van der Waals surface area contributed by atoms with Gasteiger partial charge in [-0.15, -0.1) is 5.10 Å². The Kier molecular flexibility index (Phi) is 4.54. The first kappa shape index (κ1) is 16.1. The van der Waals surface area contributed by atoms with Crippen molar-refractivity contribution in [3.05, 3.63) is 35.8 Å². The van der Waals surface area contributed by atoms with Gasteiger partial charge in [-0.2, -0.15) is 0 Å². The number of rotatable bonds is 4. The first-order valence-electron chi connectivity index (χ1n) is 7.80. The molecule has 1 atom stereocenters. The van der Waals surface area contributed by atoms with Crippen LogP contribution < -0.4 is 4.90 Å². The molecule has 0 aromatic carbocycles. The predicted octanol–water partition coefficient (Wildman–Crippen LogP) is 1.50. The van der Waals surface area contributed by atoms with E-state index < -0.39 is 5.97 Å². The first-order valence-corrected chi connectivity index (χ1v) is 7.80. The van der Waals surface area contributed by atoms with Gasteiger partial charge in [-0.1, -0.05) is 5.21 Å². The number of ether oxygens (including phenoxy) is 1. The van der Waals surface area contributed by atoms with Gasteiger partial charge in [0.25, 0.3) is 0 Å². The van der Waals surface area contributed by atoms with Crippen LogP contribution in [0.25, 0.3) is 0 Å². The average Bonchev–Trinajstić information content (AvgIpc) is 3.11. The van der Waals surface area contributed by atoms with Crippen molar-refractivity contribution in [3.8, 4) is 0 Å². The molecule has 0 unspecified atom stereocenters. The SMILES string of the molecule is COC(=O)c1cn([C@@H]2CCCN(c3ccc(C(C)=O)cn3)C2)nn1. The Labute approximate surface area is 139 Å². The highest BCUT2D eigenvalue weighted by atomic mass is 16.5. The summed E-state index contributed by atoms with van der Waals surface area (Å²) in [6, 6.07) is 3.76. The third kappa shape index (κ3) is 3.27. The average molecular weight is 329 g/mol. The molecule has 0 radical (unpaired) electrons. The van der Waals surface area contributed by atoms with E-state index in [1.165, 1.54) is 14.0 Å². The lowest BCUT2D eigenvalue weighted by Crippen LogP contribution is -2.37. The summed E-state index contributed by atoms with van der Waals surface area (Å²) in [7, 11) is 1.32. The van der Waals surface area contributed by atoms with Crippen molar-refractivity contribution in [3.63, 3.8) is 0 Å². The summed E-state index contributed by atoms with van der Waals surface area (Å²) in [5.74, 6) is 0.344. The Morgan fingerprint density at radius 2 is 2.17 bits per heavy atom. The van der Waals surface area contributed by atoms with E-state index in [-0.39, 0.29) is 17.5 Å². The molecule has 1 saturated heterocycles. The number of methoxy groups -OCH3 is 1. The van der Waals surface area contributed by atoms with Crippen molar-refractivity contribution in [1.29, 1.82) is 0 Å². The number of ketones is 1. The number of hydrogen-bond donors (Lipinski definition) is 0. The number of aromatic nitrogens is 4. The summed E-state index contributed by atoms with van der Waals surface area (Å²) in [5.41, 5.74) is 0.810. The van der Waals surface area contributed by atoms with Crippen LogP contribution in [0.4, 0.5) is 5.82 Å². The van der Waals surface area contributed by atoms with Gasteiger partial charge in [-0.3, -0.25) is 4.79 Å². The highest BCUT2D eigenvalue weighted by Gasteiger charge is 2.24. The number of Topliss-reactive ketones (excluding diaryl/α,β-unsaturated/α-hetero) is 1. The number of carbonyl (C=O) groups excluding carboxylic acids is 2. The van der Waals surface area contributed by atoms with Crippen LogP contribution >= 0.6 is 0 Å². The van der Waals surface area contributed by atoms with Crippen molar-refractivity contribution in [2.45, 2.75) is 25.8 Å². The Hall–Kier alpha value is -2.77. The Morgan fingerprint density at radius 3 is 2.83 bits per heavy atom. The van der Waals surface area contributed by atoms with Gasteiger partial charge in [0.15, 0.2) is 11.5 Å². The molecule has 0 spiro atoms. The van der Waals surface area contributed by atoms with Gasteiger partial charge in [0.05, 0.1) is 19.3 Å². The maximum Gasteiger partial charge on any atom is 0.360 e. The van der Waals surface area contributed by atoms with E-state index in [2.05, 4.69) is 24.9 Å². The highest BCUT2D eigenvalue weighted by Crippen LogP contribution is 2.24. The summed E-state index contributed by atoms with van der Waals surface area (Å²) in [6.45, 7) is 3.13. The zero-order chi connectivity index (χ0) is 17.1. The molecule has 0 aliphatic carbocycles. The standard InChI is InChI=1S/C16H19N5O3/c1-11(22)12-5-6-15(17-8-12)20-7-3-4-13(9-20)21-10-14(18-19-21)16(23)24-2/h5-6,8,10,13H,3-4,7,9H2,1-2H3/t13-/m1/s1.